The van der Waals surface area contributed by atoms with Crippen molar-refractivity contribution in [3.63, 3.8) is 0 Å². The lowest BCUT2D eigenvalue weighted by Crippen LogP contribution is -2.31. The van der Waals surface area contributed by atoms with Crippen molar-refractivity contribution < 1.29 is 4.79 Å². The third-order valence-electron chi connectivity index (χ3n) is 4.04. The van der Waals surface area contributed by atoms with Crippen molar-refractivity contribution in [1.29, 1.82) is 0 Å². The van der Waals surface area contributed by atoms with E-state index in [2.05, 4.69) is 22.2 Å². The Bertz CT molecular complexity index is 459. The average Bonchev–Trinajstić information content (AvgIpc) is 2.78. The highest BCUT2D eigenvalue weighted by Crippen LogP contribution is 2.17. The summed E-state index contributed by atoms with van der Waals surface area (Å²) < 4.78 is 0. The van der Waals surface area contributed by atoms with Crippen molar-refractivity contribution in [2.75, 3.05) is 20.1 Å². The van der Waals surface area contributed by atoms with Crippen molar-refractivity contribution in [3.8, 4) is 0 Å². The van der Waals surface area contributed by atoms with Gasteiger partial charge in [-0.25, -0.2) is 0 Å². The minimum absolute atomic E-state index is 0.0174. The van der Waals surface area contributed by atoms with E-state index in [0.29, 0.717) is 11.6 Å². The van der Waals surface area contributed by atoms with Gasteiger partial charge in [0, 0.05) is 24.5 Å². The van der Waals surface area contributed by atoms with Gasteiger partial charge in [0.1, 0.15) is 0 Å². The number of hydrogen-bond donors (Lipinski definition) is 1. The third-order valence-corrected chi connectivity index (χ3v) is 4.04. The molecule has 0 aliphatic carbocycles. The summed E-state index contributed by atoms with van der Waals surface area (Å²) in [6.45, 7) is 5.85. The predicted octanol–water partition coefficient (Wildman–Crippen LogP) is 1.91. The molecule has 1 aromatic heterocycles. The summed E-state index contributed by atoms with van der Waals surface area (Å²) in [7, 11) is 2.16. The molecule has 1 saturated heterocycles. The lowest BCUT2D eigenvalue weighted by Gasteiger charge is -2.19. The van der Waals surface area contributed by atoms with E-state index in [4.69, 9.17) is 0 Å². The van der Waals surface area contributed by atoms with Gasteiger partial charge < -0.3 is 10.2 Å². The summed E-state index contributed by atoms with van der Waals surface area (Å²) >= 11 is 0. The van der Waals surface area contributed by atoms with E-state index in [0.717, 1.165) is 24.2 Å². The van der Waals surface area contributed by atoms with Gasteiger partial charge in [-0.3, -0.25) is 9.78 Å². The van der Waals surface area contributed by atoms with Crippen LogP contribution in [0.1, 0.15) is 40.9 Å². The molecule has 1 aliphatic rings. The number of carbonyl (C=O) groups excluding carboxylic acids is 1. The van der Waals surface area contributed by atoms with E-state index in [1.807, 2.05) is 19.9 Å². The highest BCUT2D eigenvalue weighted by atomic mass is 16.1. The quantitative estimate of drug-likeness (QED) is 0.900. The molecule has 19 heavy (non-hydrogen) atoms. The molecule has 1 N–H and O–H groups in total. The number of likely N-dealkylation sites (tertiary alicyclic amines) is 1. The van der Waals surface area contributed by atoms with Gasteiger partial charge in [0.25, 0.3) is 5.91 Å². The fourth-order valence-corrected chi connectivity index (χ4v) is 2.57. The Morgan fingerprint density at radius 1 is 1.53 bits per heavy atom. The Hall–Kier alpha value is -1.42. The van der Waals surface area contributed by atoms with Crippen LogP contribution in [0.2, 0.25) is 0 Å². The van der Waals surface area contributed by atoms with Crippen LogP contribution in [0.5, 0.6) is 0 Å². The fraction of sp³-hybridized carbons (Fsp3) is 0.600. The molecule has 2 heterocycles. The first-order valence-corrected chi connectivity index (χ1v) is 6.99. The second-order valence-corrected chi connectivity index (χ2v) is 5.45. The summed E-state index contributed by atoms with van der Waals surface area (Å²) in [4.78, 5) is 18.6. The molecular weight excluding hydrogens is 238 g/mol. The number of pyridine rings is 1. The van der Waals surface area contributed by atoms with Crippen molar-refractivity contribution in [2.45, 2.75) is 39.2 Å². The van der Waals surface area contributed by atoms with Crippen molar-refractivity contribution in [3.05, 3.63) is 29.1 Å². The molecule has 1 atom stereocenters. The monoisotopic (exact) mass is 261 g/mol. The van der Waals surface area contributed by atoms with Gasteiger partial charge >= 0.3 is 0 Å². The van der Waals surface area contributed by atoms with Gasteiger partial charge in [0.2, 0.25) is 0 Å². The van der Waals surface area contributed by atoms with Crippen molar-refractivity contribution in [2.24, 2.45) is 0 Å². The molecule has 2 rings (SSSR count). The standard InChI is InChI=1S/C15H23N3O/c1-11-9-13(10-17-12(11)2)15(19)16-7-6-14-5-4-8-18(14)3/h9-10,14H,4-8H2,1-3H3,(H,16,19). The zero-order chi connectivity index (χ0) is 13.8. The summed E-state index contributed by atoms with van der Waals surface area (Å²) in [5, 5.41) is 2.99. The predicted molar refractivity (Wildman–Crippen MR) is 76.3 cm³/mol. The molecule has 0 bridgehead atoms. The fourth-order valence-electron chi connectivity index (χ4n) is 2.57. The van der Waals surface area contributed by atoms with E-state index in [1.54, 1.807) is 6.20 Å². The van der Waals surface area contributed by atoms with Gasteiger partial charge in [-0.1, -0.05) is 0 Å². The number of aryl methyl sites for hydroxylation is 2. The van der Waals surface area contributed by atoms with Crippen LogP contribution in [0.15, 0.2) is 12.3 Å². The number of hydrogen-bond acceptors (Lipinski definition) is 3. The number of rotatable bonds is 4. The Morgan fingerprint density at radius 3 is 2.95 bits per heavy atom. The molecule has 0 aromatic carbocycles. The highest BCUT2D eigenvalue weighted by Gasteiger charge is 2.20. The normalized spacial score (nSPS) is 19.6. The lowest BCUT2D eigenvalue weighted by molar-refractivity contribution is 0.0950. The van der Waals surface area contributed by atoms with Crippen LogP contribution in [0.3, 0.4) is 0 Å². The summed E-state index contributed by atoms with van der Waals surface area (Å²) in [6.07, 6.45) is 5.20. The molecule has 0 saturated carbocycles. The maximum absolute atomic E-state index is 12.0. The second-order valence-electron chi connectivity index (χ2n) is 5.45. The number of amides is 1. The topological polar surface area (TPSA) is 45.2 Å². The first-order valence-electron chi connectivity index (χ1n) is 6.99. The highest BCUT2D eigenvalue weighted by molar-refractivity contribution is 5.94. The largest absolute Gasteiger partial charge is 0.352 e. The maximum atomic E-state index is 12.0. The Balaban J connectivity index is 1.82. The van der Waals surface area contributed by atoms with Gasteiger partial charge in [0.15, 0.2) is 0 Å². The van der Waals surface area contributed by atoms with Gasteiger partial charge in [-0.2, -0.15) is 0 Å². The number of carbonyl (C=O) groups is 1. The van der Waals surface area contributed by atoms with Gasteiger partial charge in [0.05, 0.1) is 5.56 Å². The third kappa shape index (κ3) is 3.53. The van der Waals surface area contributed by atoms with Crippen LogP contribution in [-0.2, 0) is 0 Å². The molecule has 4 heteroatoms. The van der Waals surface area contributed by atoms with Crippen LogP contribution >= 0.6 is 0 Å². The van der Waals surface area contributed by atoms with E-state index >= 15 is 0 Å². The molecule has 1 unspecified atom stereocenters. The van der Waals surface area contributed by atoms with Crippen LogP contribution < -0.4 is 5.32 Å². The van der Waals surface area contributed by atoms with Crippen LogP contribution in [-0.4, -0.2) is 42.0 Å². The maximum Gasteiger partial charge on any atom is 0.252 e. The zero-order valence-corrected chi connectivity index (χ0v) is 12.1. The molecule has 1 amide bonds. The van der Waals surface area contributed by atoms with Crippen molar-refractivity contribution in [1.82, 2.24) is 15.2 Å². The number of nitrogens with zero attached hydrogens (tertiary/aromatic N) is 2. The Morgan fingerprint density at radius 2 is 2.32 bits per heavy atom. The molecular formula is C15H23N3O. The van der Waals surface area contributed by atoms with Crippen molar-refractivity contribution >= 4 is 5.91 Å². The summed E-state index contributed by atoms with van der Waals surface area (Å²) in [5.74, 6) is -0.0174. The molecule has 0 spiro atoms. The van der Waals surface area contributed by atoms with E-state index in [9.17, 15) is 4.79 Å². The van der Waals surface area contributed by atoms with Gasteiger partial charge in [-0.15, -0.1) is 0 Å². The SMILES string of the molecule is Cc1cc(C(=O)NCCC2CCCN2C)cnc1C. The van der Waals surface area contributed by atoms with Gasteiger partial charge in [-0.05, 0) is 58.3 Å². The van der Waals surface area contributed by atoms with E-state index in [1.165, 1.54) is 19.4 Å². The second kappa shape index (κ2) is 6.15. The average molecular weight is 261 g/mol. The first kappa shape index (κ1) is 14.0. The summed E-state index contributed by atoms with van der Waals surface area (Å²) in [6, 6.07) is 2.53. The Kier molecular flexibility index (Phi) is 4.53. The molecule has 1 fully saturated rings. The minimum atomic E-state index is -0.0174. The molecule has 1 aromatic rings. The number of nitrogens with one attached hydrogen (secondary N) is 1. The van der Waals surface area contributed by atoms with Crippen LogP contribution in [0, 0.1) is 13.8 Å². The molecule has 1 aliphatic heterocycles. The zero-order valence-electron chi connectivity index (χ0n) is 12.1. The first-order chi connectivity index (χ1) is 9.08. The smallest absolute Gasteiger partial charge is 0.252 e. The van der Waals surface area contributed by atoms with Crippen LogP contribution in [0.25, 0.3) is 0 Å². The molecule has 104 valence electrons. The van der Waals surface area contributed by atoms with E-state index in [-0.39, 0.29) is 5.91 Å². The lowest BCUT2D eigenvalue weighted by atomic mass is 10.1. The minimum Gasteiger partial charge on any atom is -0.352 e. The van der Waals surface area contributed by atoms with E-state index < -0.39 is 0 Å². The molecule has 4 nitrogen and oxygen atoms in total. The Labute approximate surface area is 115 Å². The number of aromatic nitrogens is 1. The molecule has 0 radical (unpaired) electrons. The van der Waals surface area contributed by atoms with Crippen LogP contribution in [0.4, 0.5) is 0 Å². The summed E-state index contributed by atoms with van der Waals surface area (Å²) in [5.41, 5.74) is 2.69.